The predicted octanol–water partition coefficient (Wildman–Crippen LogP) is 1.77. The van der Waals surface area contributed by atoms with Crippen molar-refractivity contribution in [3.63, 3.8) is 0 Å². The first-order chi connectivity index (χ1) is 8.29. The number of benzene rings is 1. The number of carbonyl (C=O) groups is 1. The van der Waals surface area contributed by atoms with Gasteiger partial charge in [0.15, 0.2) is 0 Å². The van der Waals surface area contributed by atoms with Crippen LogP contribution < -0.4 is 0 Å². The zero-order chi connectivity index (χ0) is 12.1. The van der Waals surface area contributed by atoms with Crippen molar-refractivity contribution in [2.24, 2.45) is 5.18 Å². The molecular formula is C12H11N3O2. The fourth-order valence-electron chi connectivity index (χ4n) is 1.61. The Hall–Kier alpha value is -2.30. The normalized spacial score (nSPS) is 10.1. The topological polar surface area (TPSA) is 64.3 Å². The first-order valence-corrected chi connectivity index (χ1v) is 5.18. The summed E-state index contributed by atoms with van der Waals surface area (Å²) in [6.45, 7) is 0.627. The zero-order valence-corrected chi connectivity index (χ0v) is 9.11. The van der Waals surface area contributed by atoms with Gasteiger partial charge in [-0.2, -0.15) is 0 Å². The summed E-state index contributed by atoms with van der Waals surface area (Å²) in [5.74, 6) is -0.681. The maximum atomic E-state index is 11.0. The highest BCUT2D eigenvalue weighted by molar-refractivity contribution is 5.78. The van der Waals surface area contributed by atoms with Crippen LogP contribution in [0.2, 0.25) is 0 Å². The van der Waals surface area contributed by atoms with Gasteiger partial charge in [0.05, 0.1) is 12.7 Å². The van der Waals surface area contributed by atoms with E-state index in [4.69, 9.17) is 0 Å². The number of carbonyl (C=O) groups excluding carboxylic acids is 1. The molecule has 5 heteroatoms. The highest BCUT2D eigenvalue weighted by Crippen LogP contribution is 2.07. The van der Waals surface area contributed by atoms with Gasteiger partial charge >= 0.3 is 0 Å². The summed E-state index contributed by atoms with van der Waals surface area (Å²) in [5, 5.41) is 2.38. The molecule has 0 aliphatic carbocycles. The van der Waals surface area contributed by atoms with E-state index in [-0.39, 0.29) is 6.42 Å². The molecule has 0 bridgehead atoms. The number of imidazole rings is 1. The largest absolute Gasteiger partial charge is 0.330 e. The van der Waals surface area contributed by atoms with Crippen LogP contribution in [0, 0.1) is 4.91 Å². The lowest BCUT2D eigenvalue weighted by Gasteiger charge is -2.06. The van der Waals surface area contributed by atoms with Crippen molar-refractivity contribution in [1.29, 1.82) is 0 Å². The van der Waals surface area contributed by atoms with Crippen molar-refractivity contribution in [2.45, 2.75) is 13.0 Å². The summed E-state index contributed by atoms with van der Waals surface area (Å²) in [7, 11) is 0. The smallest absolute Gasteiger partial charge is 0.292 e. The van der Waals surface area contributed by atoms with Crippen LogP contribution >= 0.6 is 0 Å². The van der Waals surface area contributed by atoms with Gasteiger partial charge in [0, 0.05) is 23.6 Å². The lowest BCUT2D eigenvalue weighted by atomic mass is 10.2. The molecule has 0 atom stereocenters. The minimum atomic E-state index is -0.681. The van der Waals surface area contributed by atoms with Crippen molar-refractivity contribution in [1.82, 2.24) is 9.55 Å². The summed E-state index contributed by atoms with van der Waals surface area (Å²) in [6, 6.07) is 9.82. The Labute approximate surface area is 98.1 Å². The number of nitroso groups, excluding NO2 is 1. The van der Waals surface area contributed by atoms with E-state index in [1.54, 1.807) is 12.5 Å². The number of nitrogens with zero attached hydrogens (tertiary/aromatic N) is 3. The van der Waals surface area contributed by atoms with E-state index in [2.05, 4.69) is 10.2 Å². The SMILES string of the molecule is O=NC(=O)Cc1cncn1Cc1ccccc1. The third-order valence-electron chi connectivity index (χ3n) is 2.43. The molecule has 1 aromatic heterocycles. The van der Waals surface area contributed by atoms with Crippen molar-refractivity contribution in [3.8, 4) is 0 Å². The molecule has 0 saturated carbocycles. The molecule has 0 N–H and O–H groups in total. The van der Waals surface area contributed by atoms with Gasteiger partial charge in [-0.15, -0.1) is 4.91 Å². The van der Waals surface area contributed by atoms with Gasteiger partial charge in [-0.05, 0) is 5.56 Å². The summed E-state index contributed by atoms with van der Waals surface area (Å²) >= 11 is 0. The van der Waals surface area contributed by atoms with Crippen LogP contribution in [0.25, 0.3) is 0 Å². The Kier molecular flexibility index (Phi) is 3.40. The van der Waals surface area contributed by atoms with E-state index >= 15 is 0 Å². The average molecular weight is 229 g/mol. The monoisotopic (exact) mass is 229 g/mol. The molecular weight excluding hydrogens is 218 g/mol. The second kappa shape index (κ2) is 5.16. The van der Waals surface area contributed by atoms with Gasteiger partial charge in [-0.3, -0.25) is 4.79 Å². The summed E-state index contributed by atoms with van der Waals surface area (Å²) in [5.41, 5.74) is 1.80. The Bertz CT molecular complexity index is 520. The first-order valence-electron chi connectivity index (χ1n) is 5.18. The Morgan fingerprint density at radius 3 is 2.76 bits per heavy atom. The van der Waals surface area contributed by atoms with E-state index in [0.717, 1.165) is 5.56 Å². The maximum Gasteiger partial charge on any atom is 0.292 e. The molecule has 0 spiro atoms. The van der Waals surface area contributed by atoms with Crippen LogP contribution in [0.15, 0.2) is 48.0 Å². The van der Waals surface area contributed by atoms with E-state index in [1.807, 2.05) is 34.9 Å². The fraction of sp³-hybridized carbons (Fsp3) is 0.167. The molecule has 1 amide bonds. The molecule has 0 aliphatic rings. The van der Waals surface area contributed by atoms with Crippen LogP contribution in [0.1, 0.15) is 11.3 Å². The van der Waals surface area contributed by atoms with Crippen molar-refractivity contribution in [3.05, 3.63) is 59.0 Å². The summed E-state index contributed by atoms with van der Waals surface area (Å²) in [6.07, 6.45) is 3.21. The van der Waals surface area contributed by atoms with E-state index < -0.39 is 5.91 Å². The molecule has 2 rings (SSSR count). The quantitative estimate of drug-likeness (QED) is 0.750. The standard InChI is InChI=1S/C12H11N3O2/c16-12(14-17)6-11-7-13-9-15(11)8-10-4-2-1-3-5-10/h1-5,7,9H,6,8H2. The molecule has 0 saturated heterocycles. The van der Waals surface area contributed by atoms with Crippen LogP contribution in [0.5, 0.6) is 0 Å². The second-order valence-corrected chi connectivity index (χ2v) is 3.66. The highest BCUT2D eigenvalue weighted by atomic mass is 16.3. The summed E-state index contributed by atoms with van der Waals surface area (Å²) < 4.78 is 1.83. The molecule has 0 fully saturated rings. The van der Waals surface area contributed by atoms with Gasteiger partial charge in [0.2, 0.25) is 0 Å². The van der Waals surface area contributed by atoms with Gasteiger partial charge in [-0.25, -0.2) is 4.98 Å². The number of rotatable bonds is 4. The fourth-order valence-corrected chi connectivity index (χ4v) is 1.61. The molecule has 0 aliphatic heterocycles. The number of hydrogen-bond donors (Lipinski definition) is 0. The van der Waals surface area contributed by atoms with Crippen LogP contribution in [-0.4, -0.2) is 15.5 Å². The maximum absolute atomic E-state index is 11.0. The summed E-state index contributed by atoms with van der Waals surface area (Å²) in [4.78, 5) is 25.0. The average Bonchev–Trinajstić information content (AvgIpc) is 2.78. The second-order valence-electron chi connectivity index (χ2n) is 3.66. The minimum absolute atomic E-state index is 0.00364. The van der Waals surface area contributed by atoms with Gasteiger partial charge < -0.3 is 4.57 Å². The number of aromatic nitrogens is 2. The number of hydrogen-bond acceptors (Lipinski definition) is 3. The lowest BCUT2D eigenvalue weighted by molar-refractivity contribution is -0.117. The lowest BCUT2D eigenvalue weighted by Crippen LogP contribution is -2.07. The van der Waals surface area contributed by atoms with E-state index in [0.29, 0.717) is 12.2 Å². The third kappa shape index (κ3) is 2.84. The van der Waals surface area contributed by atoms with Gasteiger partial charge in [-0.1, -0.05) is 30.3 Å². The highest BCUT2D eigenvalue weighted by Gasteiger charge is 2.08. The molecule has 17 heavy (non-hydrogen) atoms. The first kappa shape index (κ1) is 11.2. The molecule has 1 aromatic carbocycles. The molecule has 0 unspecified atom stereocenters. The molecule has 5 nitrogen and oxygen atoms in total. The van der Waals surface area contributed by atoms with Crippen molar-refractivity contribution < 1.29 is 4.79 Å². The van der Waals surface area contributed by atoms with Crippen LogP contribution in [0.4, 0.5) is 0 Å². The minimum Gasteiger partial charge on any atom is -0.330 e. The third-order valence-corrected chi connectivity index (χ3v) is 2.43. The van der Waals surface area contributed by atoms with Crippen molar-refractivity contribution >= 4 is 5.91 Å². The molecule has 2 aromatic rings. The van der Waals surface area contributed by atoms with Crippen molar-refractivity contribution in [2.75, 3.05) is 0 Å². The Morgan fingerprint density at radius 1 is 1.29 bits per heavy atom. The van der Waals surface area contributed by atoms with E-state index in [9.17, 15) is 9.70 Å². The van der Waals surface area contributed by atoms with E-state index in [1.165, 1.54) is 0 Å². The Balaban J connectivity index is 2.14. The number of amides is 1. The van der Waals surface area contributed by atoms with Gasteiger partial charge in [0.25, 0.3) is 5.91 Å². The van der Waals surface area contributed by atoms with Crippen LogP contribution in [0.3, 0.4) is 0 Å². The van der Waals surface area contributed by atoms with Crippen LogP contribution in [-0.2, 0) is 17.8 Å². The molecule has 86 valence electrons. The Morgan fingerprint density at radius 2 is 2.06 bits per heavy atom. The predicted molar refractivity (Wildman–Crippen MR) is 62.3 cm³/mol. The van der Waals surface area contributed by atoms with Gasteiger partial charge in [0.1, 0.15) is 0 Å². The molecule has 1 heterocycles. The molecule has 0 radical (unpaired) electrons. The zero-order valence-electron chi connectivity index (χ0n) is 9.11.